The molecule has 2 aromatic rings. The van der Waals surface area contributed by atoms with E-state index < -0.39 is 0 Å². The Bertz CT molecular complexity index is 658. The first-order chi connectivity index (χ1) is 11.3. The lowest BCUT2D eigenvalue weighted by Crippen LogP contribution is -2.42. The van der Waals surface area contributed by atoms with Crippen LogP contribution >= 0.6 is 0 Å². The number of hydrogen-bond acceptors (Lipinski definition) is 3. The molecule has 0 bridgehead atoms. The maximum atomic E-state index is 12.5. The van der Waals surface area contributed by atoms with E-state index in [4.69, 9.17) is 0 Å². The van der Waals surface area contributed by atoms with Gasteiger partial charge in [0.25, 0.3) is 0 Å². The predicted octanol–water partition coefficient (Wildman–Crippen LogP) is 3.36. The zero-order valence-corrected chi connectivity index (χ0v) is 13.0. The van der Waals surface area contributed by atoms with E-state index in [1.807, 2.05) is 48.5 Å². The van der Waals surface area contributed by atoms with Crippen LogP contribution in [-0.2, 0) is 9.59 Å². The molecule has 0 aromatic heterocycles. The quantitative estimate of drug-likeness (QED) is 0.795. The predicted molar refractivity (Wildman–Crippen MR) is 89.7 cm³/mol. The lowest BCUT2D eigenvalue weighted by Gasteiger charge is -2.34. The Morgan fingerprint density at radius 2 is 1.70 bits per heavy atom. The molecule has 1 amide bonds. The highest BCUT2D eigenvalue weighted by Gasteiger charge is 2.35. The van der Waals surface area contributed by atoms with Crippen molar-refractivity contribution in [3.05, 3.63) is 66.2 Å². The van der Waals surface area contributed by atoms with E-state index in [1.54, 1.807) is 5.01 Å². The van der Waals surface area contributed by atoms with Gasteiger partial charge in [-0.15, -0.1) is 0 Å². The van der Waals surface area contributed by atoms with E-state index in [9.17, 15) is 9.59 Å². The van der Waals surface area contributed by atoms with Crippen LogP contribution in [0, 0.1) is 0 Å². The van der Waals surface area contributed by atoms with Gasteiger partial charge in [0.15, 0.2) is 0 Å². The molecule has 0 N–H and O–H groups in total. The van der Waals surface area contributed by atoms with Crippen molar-refractivity contribution in [3.63, 3.8) is 0 Å². The molecule has 2 aromatic carbocycles. The molecule has 1 fully saturated rings. The summed E-state index contributed by atoms with van der Waals surface area (Å²) in [4.78, 5) is 23.1. The van der Waals surface area contributed by atoms with Crippen molar-refractivity contribution in [1.29, 1.82) is 0 Å². The molecule has 4 heteroatoms. The molecule has 3 rings (SSSR count). The van der Waals surface area contributed by atoms with Gasteiger partial charge >= 0.3 is 0 Å². The van der Waals surface area contributed by atoms with Crippen molar-refractivity contribution < 1.29 is 9.59 Å². The SMILES string of the molecule is O=CCCC(=O)N1CCC(c2ccccc2)N1c1ccccc1. The number of amides is 1. The fourth-order valence-electron chi connectivity index (χ4n) is 3.08. The van der Waals surface area contributed by atoms with Crippen LogP contribution in [0.25, 0.3) is 0 Å². The summed E-state index contributed by atoms with van der Waals surface area (Å²) in [6.07, 6.45) is 2.21. The van der Waals surface area contributed by atoms with Crippen LogP contribution < -0.4 is 5.01 Å². The summed E-state index contributed by atoms with van der Waals surface area (Å²) in [6, 6.07) is 20.3. The number of benzene rings is 2. The lowest BCUT2D eigenvalue weighted by atomic mass is 10.0. The van der Waals surface area contributed by atoms with Crippen LogP contribution in [0.15, 0.2) is 60.7 Å². The van der Waals surface area contributed by atoms with Gasteiger partial charge in [0, 0.05) is 19.4 Å². The van der Waals surface area contributed by atoms with Crippen molar-refractivity contribution in [3.8, 4) is 0 Å². The third-order valence-corrected chi connectivity index (χ3v) is 4.14. The number of carbonyl (C=O) groups is 2. The molecule has 0 saturated carbocycles. The molecule has 1 saturated heterocycles. The number of hydrogen-bond donors (Lipinski definition) is 0. The highest BCUT2D eigenvalue weighted by atomic mass is 16.2. The number of anilines is 1. The summed E-state index contributed by atoms with van der Waals surface area (Å²) >= 11 is 0. The number of aldehydes is 1. The second-order valence-electron chi connectivity index (χ2n) is 5.62. The van der Waals surface area contributed by atoms with Crippen molar-refractivity contribution in [2.45, 2.75) is 25.3 Å². The van der Waals surface area contributed by atoms with E-state index in [1.165, 1.54) is 5.56 Å². The topological polar surface area (TPSA) is 40.6 Å². The standard InChI is InChI=1S/C19H20N2O2/c22-15-7-12-19(23)20-14-13-18(16-8-3-1-4-9-16)21(20)17-10-5-2-6-11-17/h1-6,8-11,15,18H,7,12-14H2. The zero-order chi connectivity index (χ0) is 16.1. The van der Waals surface area contributed by atoms with Gasteiger partial charge in [-0.1, -0.05) is 48.5 Å². The van der Waals surface area contributed by atoms with E-state index in [0.717, 1.165) is 18.4 Å². The van der Waals surface area contributed by atoms with Crippen LogP contribution in [0.5, 0.6) is 0 Å². The number of para-hydroxylation sites is 1. The molecular weight excluding hydrogens is 288 g/mol. The average Bonchev–Trinajstić information content (AvgIpc) is 3.06. The number of carbonyl (C=O) groups excluding carboxylic acids is 2. The minimum absolute atomic E-state index is 0.000570. The van der Waals surface area contributed by atoms with Crippen LogP contribution in [-0.4, -0.2) is 23.7 Å². The molecule has 0 aliphatic carbocycles. The molecule has 0 spiro atoms. The van der Waals surface area contributed by atoms with E-state index in [0.29, 0.717) is 6.54 Å². The van der Waals surface area contributed by atoms with Crippen LogP contribution in [0.2, 0.25) is 0 Å². The molecule has 23 heavy (non-hydrogen) atoms. The fraction of sp³-hybridized carbons (Fsp3) is 0.263. The second kappa shape index (κ2) is 7.09. The largest absolute Gasteiger partial charge is 0.303 e. The third-order valence-electron chi connectivity index (χ3n) is 4.14. The Labute approximate surface area is 136 Å². The smallest absolute Gasteiger partial charge is 0.241 e. The summed E-state index contributed by atoms with van der Waals surface area (Å²) in [5.74, 6) is -0.000570. The minimum atomic E-state index is -0.000570. The Balaban J connectivity index is 1.92. The molecule has 1 unspecified atom stereocenters. The Morgan fingerprint density at radius 3 is 2.35 bits per heavy atom. The second-order valence-corrected chi connectivity index (χ2v) is 5.62. The van der Waals surface area contributed by atoms with Gasteiger partial charge in [-0.2, -0.15) is 0 Å². The van der Waals surface area contributed by atoms with Crippen LogP contribution in [0.1, 0.15) is 30.9 Å². The van der Waals surface area contributed by atoms with Gasteiger partial charge in [-0.25, -0.2) is 0 Å². The Hall–Kier alpha value is -2.62. The summed E-state index contributed by atoms with van der Waals surface area (Å²) in [5, 5.41) is 3.86. The molecule has 1 heterocycles. The maximum Gasteiger partial charge on any atom is 0.241 e. The molecule has 4 nitrogen and oxygen atoms in total. The first-order valence-electron chi connectivity index (χ1n) is 7.94. The van der Waals surface area contributed by atoms with Crippen LogP contribution in [0.3, 0.4) is 0 Å². The number of nitrogens with zero attached hydrogens (tertiary/aromatic N) is 2. The van der Waals surface area contributed by atoms with Gasteiger partial charge < -0.3 is 4.79 Å². The molecule has 1 atom stereocenters. The zero-order valence-electron chi connectivity index (χ0n) is 13.0. The highest BCUT2D eigenvalue weighted by Crippen LogP contribution is 2.36. The summed E-state index contributed by atoms with van der Waals surface area (Å²) in [5.41, 5.74) is 2.19. The molecular formula is C19H20N2O2. The lowest BCUT2D eigenvalue weighted by molar-refractivity contribution is -0.131. The van der Waals surface area contributed by atoms with Crippen molar-refractivity contribution >= 4 is 17.9 Å². The van der Waals surface area contributed by atoms with Gasteiger partial charge in [0.2, 0.25) is 5.91 Å². The Kier molecular flexibility index (Phi) is 4.71. The normalized spacial score (nSPS) is 17.3. The minimum Gasteiger partial charge on any atom is -0.303 e. The maximum absolute atomic E-state index is 12.5. The van der Waals surface area contributed by atoms with Crippen molar-refractivity contribution in [1.82, 2.24) is 5.01 Å². The fourth-order valence-corrected chi connectivity index (χ4v) is 3.08. The molecule has 0 radical (unpaired) electrons. The molecule has 1 aliphatic rings. The molecule has 1 aliphatic heterocycles. The first-order valence-corrected chi connectivity index (χ1v) is 7.94. The van der Waals surface area contributed by atoms with E-state index >= 15 is 0 Å². The van der Waals surface area contributed by atoms with E-state index in [2.05, 4.69) is 17.1 Å². The number of hydrazine groups is 1. The van der Waals surface area contributed by atoms with Crippen molar-refractivity contribution in [2.75, 3.05) is 11.6 Å². The van der Waals surface area contributed by atoms with Gasteiger partial charge in [-0.05, 0) is 24.1 Å². The summed E-state index contributed by atoms with van der Waals surface area (Å²) < 4.78 is 0. The first kappa shape index (κ1) is 15.3. The van der Waals surface area contributed by atoms with E-state index in [-0.39, 0.29) is 24.8 Å². The Morgan fingerprint density at radius 1 is 1.04 bits per heavy atom. The molecule has 118 valence electrons. The summed E-state index contributed by atoms with van der Waals surface area (Å²) in [7, 11) is 0. The average molecular weight is 308 g/mol. The highest BCUT2D eigenvalue weighted by molar-refractivity contribution is 5.80. The number of rotatable bonds is 5. The third kappa shape index (κ3) is 3.26. The van der Waals surface area contributed by atoms with Gasteiger partial charge in [0.1, 0.15) is 6.29 Å². The van der Waals surface area contributed by atoms with Crippen molar-refractivity contribution in [2.24, 2.45) is 0 Å². The van der Waals surface area contributed by atoms with Crippen LogP contribution in [0.4, 0.5) is 5.69 Å². The summed E-state index contributed by atoms with van der Waals surface area (Å²) in [6.45, 7) is 0.673. The van der Waals surface area contributed by atoms with Gasteiger partial charge in [-0.3, -0.25) is 14.8 Å². The van der Waals surface area contributed by atoms with Gasteiger partial charge in [0.05, 0.1) is 11.7 Å². The monoisotopic (exact) mass is 308 g/mol.